The van der Waals surface area contributed by atoms with Gasteiger partial charge < -0.3 is 10.1 Å². The highest BCUT2D eigenvalue weighted by Gasteiger charge is 2.13. The zero-order valence-corrected chi connectivity index (χ0v) is 12.7. The van der Waals surface area contributed by atoms with Crippen molar-refractivity contribution in [3.8, 4) is 0 Å². The molecule has 1 N–H and O–H groups in total. The van der Waals surface area contributed by atoms with E-state index in [2.05, 4.69) is 60.2 Å². The number of hydrogen-bond donors (Lipinski definition) is 1. The Morgan fingerprint density at radius 1 is 1.35 bits per heavy atom. The first kappa shape index (κ1) is 14.5. The molecule has 0 aliphatic rings. The molecule has 1 rings (SSSR count). The van der Waals surface area contributed by atoms with E-state index in [9.17, 15) is 0 Å². The third-order valence-electron chi connectivity index (χ3n) is 2.99. The molecule has 1 unspecified atom stereocenters. The molecule has 96 valence electrons. The highest BCUT2D eigenvalue weighted by molar-refractivity contribution is 9.10. The smallest absolute Gasteiger partial charge is 0.0744 e. The van der Waals surface area contributed by atoms with Crippen molar-refractivity contribution in [1.29, 1.82) is 0 Å². The van der Waals surface area contributed by atoms with E-state index in [1.54, 1.807) is 7.11 Å². The van der Waals surface area contributed by atoms with E-state index >= 15 is 0 Å². The maximum atomic E-state index is 5.26. The predicted molar refractivity (Wildman–Crippen MR) is 77.4 cm³/mol. The second-order valence-corrected chi connectivity index (χ2v) is 5.46. The summed E-state index contributed by atoms with van der Waals surface area (Å²) in [6.07, 6.45) is 1.12. The molecule has 0 saturated carbocycles. The van der Waals surface area contributed by atoms with Crippen LogP contribution in [0.25, 0.3) is 0 Å². The second-order valence-electron chi connectivity index (χ2n) is 4.60. The topological polar surface area (TPSA) is 21.3 Å². The Bertz CT molecular complexity index is 352. The summed E-state index contributed by atoms with van der Waals surface area (Å²) < 4.78 is 6.36. The molecular weight excluding hydrogens is 278 g/mol. The van der Waals surface area contributed by atoms with Crippen molar-refractivity contribution >= 4 is 21.6 Å². The van der Waals surface area contributed by atoms with Crippen LogP contribution in [0.1, 0.15) is 32.8 Å². The SMILES string of the molecule is CCC(Nc1cccc(Br)c1COC)C(C)C. The molecule has 0 aliphatic carbocycles. The van der Waals surface area contributed by atoms with Gasteiger partial charge in [0, 0.05) is 28.9 Å². The fraction of sp³-hybridized carbons (Fsp3) is 0.571. The van der Waals surface area contributed by atoms with Gasteiger partial charge in [0.05, 0.1) is 6.61 Å². The molecule has 1 aromatic carbocycles. The van der Waals surface area contributed by atoms with E-state index in [-0.39, 0.29) is 0 Å². The fourth-order valence-electron chi connectivity index (χ4n) is 1.92. The van der Waals surface area contributed by atoms with Crippen LogP contribution in [-0.2, 0) is 11.3 Å². The average molecular weight is 300 g/mol. The third-order valence-corrected chi connectivity index (χ3v) is 3.74. The van der Waals surface area contributed by atoms with Gasteiger partial charge in [0.15, 0.2) is 0 Å². The lowest BCUT2D eigenvalue weighted by atomic mass is 10.0. The van der Waals surface area contributed by atoms with Gasteiger partial charge in [-0.2, -0.15) is 0 Å². The maximum Gasteiger partial charge on any atom is 0.0744 e. The van der Waals surface area contributed by atoms with Crippen LogP contribution in [0.3, 0.4) is 0 Å². The van der Waals surface area contributed by atoms with Gasteiger partial charge in [0.2, 0.25) is 0 Å². The first-order valence-corrected chi connectivity index (χ1v) is 6.92. The van der Waals surface area contributed by atoms with Crippen molar-refractivity contribution < 1.29 is 4.74 Å². The minimum absolute atomic E-state index is 0.500. The zero-order valence-electron chi connectivity index (χ0n) is 11.1. The number of benzene rings is 1. The third kappa shape index (κ3) is 4.00. The molecule has 17 heavy (non-hydrogen) atoms. The lowest BCUT2D eigenvalue weighted by Gasteiger charge is -2.24. The molecule has 1 aromatic rings. The Labute approximate surface area is 113 Å². The van der Waals surface area contributed by atoms with E-state index in [4.69, 9.17) is 4.74 Å². The summed E-state index contributed by atoms with van der Waals surface area (Å²) in [4.78, 5) is 0. The first-order chi connectivity index (χ1) is 8.10. The summed E-state index contributed by atoms with van der Waals surface area (Å²) in [7, 11) is 1.73. The molecule has 0 radical (unpaired) electrons. The first-order valence-electron chi connectivity index (χ1n) is 6.13. The molecule has 0 saturated heterocycles. The van der Waals surface area contributed by atoms with Crippen molar-refractivity contribution in [2.45, 2.75) is 39.8 Å². The highest BCUT2D eigenvalue weighted by atomic mass is 79.9. The van der Waals surface area contributed by atoms with E-state index in [1.807, 2.05) is 0 Å². The predicted octanol–water partition coefficient (Wildman–Crippen LogP) is 4.44. The molecule has 0 aromatic heterocycles. The van der Waals surface area contributed by atoms with Crippen LogP contribution < -0.4 is 5.32 Å². The van der Waals surface area contributed by atoms with Gasteiger partial charge in [-0.1, -0.05) is 42.8 Å². The van der Waals surface area contributed by atoms with Crippen LogP contribution in [0.5, 0.6) is 0 Å². The fourth-order valence-corrected chi connectivity index (χ4v) is 2.41. The van der Waals surface area contributed by atoms with E-state index in [1.165, 1.54) is 11.3 Å². The van der Waals surface area contributed by atoms with Gasteiger partial charge in [-0.25, -0.2) is 0 Å². The zero-order chi connectivity index (χ0) is 12.8. The molecule has 1 atom stereocenters. The van der Waals surface area contributed by atoms with Crippen molar-refractivity contribution in [2.75, 3.05) is 12.4 Å². The minimum atomic E-state index is 0.500. The summed E-state index contributed by atoms with van der Waals surface area (Å²) in [6, 6.07) is 6.72. The average Bonchev–Trinajstić information content (AvgIpc) is 2.29. The number of rotatable bonds is 6. The quantitative estimate of drug-likeness (QED) is 0.838. The van der Waals surface area contributed by atoms with Gasteiger partial charge in [-0.05, 0) is 24.5 Å². The maximum absolute atomic E-state index is 5.26. The van der Waals surface area contributed by atoms with Gasteiger partial charge >= 0.3 is 0 Å². The van der Waals surface area contributed by atoms with E-state index in [0.717, 1.165) is 10.9 Å². The molecule has 0 amide bonds. The Kier molecular flexibility index (Phi) is 6.00. The number of nitrogens with one attached hydrogen (secondary N) is 1. The summed E-state index contributed by atoms with van der Waals surface area (Å²) in [6.45, 7) is 7.33. The van der Waals surface area contributed by atoms with Gasteiger partial charge in [-0.3, -0.25) is 0 Å². The van der Waals surface area contributed by atoms with E-state index in [0.29, 0.717) is 18.6 Å². The van der Waals surface area contributed by atoms with Crippen LogP contribution >= 0.6 is 15.9 Å². The van der Waals surface area contributed by atoms with Gasteiger partial charge in [0.25, 0.3) is 0 Å². The number of methoxy groups -OCH3 is 1. The Balaban J connectivity index is 2.92. The van der Waals surface area contributed by atoms with Crippen molar-refractivity contribution in [1.82, 2.24) is 0 Å². The number of ether oxygens (including phenoxy) is 1. The monoisotopic (exact) mass is 299 g/mol. The molecule has 0 heterocycles. The molecule has 0 aliphatic heterocycles. The van der Waals surface area contributed by atoms with Crippen LogP contribution in [-0.4, -0.2) is 13.2 Å². The van der Waals surface area contributed by atoms with Crippen molar-refractivity contribution in [2.24, 2.45) is 5.92 Å². The largest absolute Gasteiger partial charge is 0.382 e. The molecule has 0 bridgehead atoms. The number of anilines is 1. The number of hydrogen-bond acceptors (Lipinski definition) is 2. The highest BCUT2D eigenvalue weighted by Crippen LogP contribution is 2.27. The normalized spacial score (nSPS) is 12.8. The Hall–Kier alpha value is -0.540. The summed E-state index contributed by atoms with van der Waals surface area (Å²) in [5.41, 5.74) is 2.36. The van der Waals surface area contributed by atoms with Gasteiger partial charge in [-0.15, -0.1) is 0 Å². The molecule has 0 spiro atoms. The van der Waals surface area contributed by atoms with Crippen LogP contribution in [0.15, 0.2) is 22.7 Å². The van der Waals surface area contributed by atoms with Crippen molar-refractivity contribution in [3.05, 3.63) is 28.2 Å². The lowest BCUT2D eigenvalue weighted by molar-refractivity contribution is 0.184. The van der Waals surface area contributed by atoms with Gasteiger partial charge in [0.1, 0.15) is 0 Å². The Morgan fingerprint density at radius 2 is 2.06 bits per heavy atom. The lowest BCUT2D eigenvalue weighted by Crippen LogP contribution is -2.25. The van der Waals surface area contributed by atoms with E-state index < -0.39 is 0 Å². The van der Waals surface area contributed by atoms with Crippen molar-refractivity contribution in [3.63, 3.8) is 0 Å². The molecular formula is C14H22BrNO. The van der Waals surface area contributed by atoms with Crippen LogP contribution in [0.2, 0.25) is 0 Å². The second kappa shape index (κ2) is 7.02. The summed E-state index contributed by atoms with van der Waals surface area (Å²) in [5, 5.41) is 3.61. The van der Waals surface area contributed by atoms with Crippen LogP contribution in [0.4, 0.5) is 5.69 Å². The Morgan fingerprint density at radius 3 is 2.59 bits per heavy atom. The summed E-state index contributed by atoms with van der Waals surface area (Å²) in [5.74, 6) is 0.620. The molecule has 3 heteroatoms. The summed E-state index contributed by atoms with van der Waals surface area (Å²) >= 11 is 3.58. The minimum Gasteiger partial charge on any atom is -0.382 e. The standard InChI is InChI=1S/C14H22BrNO/c1-5-13(10(2)3)16-14-8-6-7-12(15)11(14)9-17-4/h6-8,10,13,16H,5,9H2,1-4H3. The number of halogens is 1. The van der Waals surface area contributed by atoms with Crippen LogP contribution in [0, 0.1) is 5.92 Å². The molecule has 0 fully saturated rings. The molecule has 2 nitrogen and oxygen atoms in total.